The lowest BCUT2D eigenvalue weighted by atomic mass is 10.1. The van der Waals surface area contributed by atoms with E-state index in [4.69, 9.17) is 9.47 Å². The highest BCUT2D eigenvalue weighted by Crippen LogP contribution is 2.30. The van der Waals surface area contributed by atoms with Crippen LogP contribution in [0.5, 0.6) is 5.75 Å². The Kier molecular flexibility index (Phi) is 3.79. The Labute approximate surface area is 109 Å². The highest BCUT2D eigenvalue weighted by molar-refractivity contribution is 5.72. The summed E-state index contributed by atoms with van der Waals surface area (Å²) in [5.74, 6) is 0.0158. The normalized spacial score (nSPS) is 16.9. The molecular formula is C13H13NO5. The SMILES string of the molecule is CCOC(=O)C[C@H]1Oc2ccccc2C=C1[N+](=O)[O-]. The monoisotopic (exact) mass is 263 g/mol. The lowest BCUT2D eigenvalue weighted by molar-refractivity contribution is -0.433. The summed E-state index contributed by atoms with van der Waals surface area (Å²) in [5.41, 5.74) is 0.501. The highest BCUT2D eigenvalue weighted by atomic mass is 16.6. The zero-order chi connectivity index (χ0) is 13.8. The molecule has 6 nitrogen and oxygen atoms in total. The molecule has 0 radical (unpaired) electrons. The molecule has 2 rings (SSSR count). The van der Waals surface area contributed by atoms with Gasteiger partial charge in [0.2, 0.25) is 0 Å². The largest absolute Gasteiger partial charge is 0.478 e. The van der Waals surface area contributed by atoms with E-state index in [2.05, 4.69) is 0 Å². The molecule has 100 valence electrons. The summed E-state index contributed by atoms with van der Waals surface area (Å²) < 4.78 is 10.3. The molecule has 19 heavy (non-hydrogen) atoms. The van der Waals surface area contributed by atoms with Gasteiger partial charge in [0.25, 0.3) is 5.70 Å². The second-order valence-electron chi connectivity index (χ2n) is 3.98. The zero-order valence-corrected chi connectivity index (χ0v) is 10.4. The first kappa shape index (κ1) is 13.1. The second-order valence-corrected chi connectivity index (χ2v) is 3.98. The van der Waals surface area contributed by atoms with E-state index in [0.717, 1.165) is 0 Å². The van der Waals surface area contributed by atoms with Gasteiger partial charge in [-0.1, -0.05) is 18.2 Å². The number of fused-ring (bicyclic) bond motifs is 1. The van der Waals surface area contributed by atoms with Crippen LogP contribution in [-0.4, -0.2) is 23.6 Å². The number of para-hydroxylation sites is 1. The molecule has 1 heterocycles. The fourth-order valence-corrected chi connectivity index (χ4v) is 1.86. The summed E-state index contributed by atoms with van der Waals surface area (Å²) in [7, 11) is 0. The molecular weight excluding hydrogens is 250 g/mol. The van der Waals surface area contributed by atoms with Gasteiger partial charge in [-0.2, -0.15) is 0 Å². The van der Waals surface area contributed by atoms with Crippen molar-refractivity contribution in [3.05, 3.63) is 45.6 Å². The third kappa shape index (κ3) is 2.90. The molecule has 6 heteroatoms. The topological polar surface area (TPSA) is 78.7 Å². The quantitative estimate of drug-likeness (QED) is 0.471. The summed E-state index contributed by atoms with van der Waals surface area (Å²) in [6, 6.07) is 6.97. The molecule has 0 aliphatic carbocycles. The minimum atomic E-state index is -0.913. The van der Waals surface area contributed by atoms with Gasteiger partial charge in [-0.25, -0.2) is 0 Å². The van der Waals surface area contributed by atoms with E-state index in [1.807, 2.05) is 0 Å². The number of ether oxygens (including phenoxy) is 2. The maximum absolute atomic E-state index is 11.4. The van der Waals surface area contributed by atoms with Crippen LogP contribution >= 0.6 is 0 Å². The third-order valence-electron chi connectivity index (χ3n) is 2.69. The van der Waals surface area contributed by atoms with Crippen LogP contribution in [0.2, 0.25) is 0 Å². The van der Waals surface area contributed by atoms with Crippen molar-refractivity contribution >= 4 is 12.0 Å². The lowest BCUT2D eigenvalue weighted by Gasteiger charge is -2.21. The van der Waals surface area contributed by atoms with Crippen LogP contribution in [0.15, 0.2) is 30.0 Å². The standard InChI is InChI=1S/C13H13NO5/c1-2-18-13(15)8-12-10(14(16)17)7-9-5-3-4-6-11(9)19-12/h3-7,12H,2,8H2,1H3/t12-/m1/s1. The first-order valence-electron chi connectivity index (χ1n) is 5.89. The summed E-state index contributed by atoms with van der Waals surface area (Å²) in [4.78, 5) is 21.9. The van der Waals surface area contributed by atoms with Crippen molar-refractivity contribution in [3.8, 4) is 5.75 Å². The smallest absolute Gasteiger partial charge is 0.310 e. The summed E-state index contributed by atoms with van der Waals surface area (Å²) in [6.07, 6.45) is 0.349. The number of hydrogen-bond donors (Lipinski definition) is 0. The van der Waals surface area contributed by atoms with Crippen molar-refractivity contribution in [2.75, 3.05) is 6.61 Å². The lowest BCUT2D eigenvalue weighted by Crippen LogP contribution is -2.30. The van der Waals surface area contributed by atoms with Gasteiger partial charge in [-0.15, -0.1) is 0 Å². The van der Waals surface area contributed by atoms with E-state index in [9.17, 15) is 14.9 Å². The molecule has 0 spiro atoms. The Hall–Kier alpha value is -2.37. The van der Waals surface area contributed by atoms with Crippen LogP contribution in [0, 0.1) is 10.1 Å². The molecule has 1 aromatic carbocycles. The zero-order valence-electron chi connectivity index (χ0n) is 10.4. The minimum absolute atomic E-state index is 0.133. The van der Waals surface area contributed by atoms with Crippen molar-refractivity contribution in [3.63, 3.8) is 0 Å². The van der Waals surface area contributed by atoms with Gasteiger partial charge in [0.1, 0.15) is 5.75 Å². The first-order chi connectivity index (χ1) is 9.11. The number of rotatable bonds is 4. The van der Waals surface area contributed by atoms with Gasteiger partial charge in [-0.3, -0.25) is 14.9 Å². The molecule has 0 saturated carbocycles. The van der Waals surface area contributed by atoms with E-state index >= 15 is 0 Å². The maximum atomic E-state index is 11.4. The van der Waals surface area contributed by atoms with E-state index in [1.54, 1.807) is 31.2 Å². The number of nitrogens with zero attached hydrogens (tertiary/aromatic N) is 1. The molecule has 0 N–H and O–H groups in total. The minimum Gasteiger partial charge on any atom is -0.478 e. The van der Waals surface area contributed by atoms with Crippen LogP contribution in [0.3, 0.4) is 0 Å². The molecule has 0 saturated heterocycles. The number of carbonyl (C=O) groups is 1. The Balaban J connectivity index is 2.25. The number of hydrogen-bond acceptors (Lipinski definition) is 5. The van der Waals surface area contributed by atoms with Crippen LogP contribution in [0.4, 0.5) is 0 Å². The summed E-state index contributed by atoms with van der Waals surface area (Å²) >= 11 is 0. The summed E-state index contributed by atoms with van der Waals surface area (Å²) in [6.45, 7) is 1.92. The van der Waals surface area contributed by atoms with Crippen LogP contribution in [0.25, 0.3) is 6.08 Å². The van der Waals surface area contributed by atoms with Crippen molar-refractivity contribution in [1.29, 1.82) is 0 Å². The second kappa shape index (κ2) is 5.51. The molecule has 0 aromatic heterocycles. The molecule has 0 amide bonds. The number of carbonyl (C=O) groups excluding carboxylic acids is 1. The van der Waals surface area contributed by atoms with Crippen molar-refractivity contribution < 1.29 is 19.2 Å². The van der Waals surface area contributed by atoms with Crippen LogP contribution in [0.1, 0.15) is 18.9 Å². The number of benzene rings is 1. The third-order valence-corrected chi connectivity index (χ3v) is 2.69. The maximum Gasteiger partial charge on any atom is 0.310 e. The average molecular weight is 263 g/mol. The van der Waals surface area contributed by atoms with Gasteiger partial charge in [0, 0.05) is 11.6 Å². The van der Waals surface area contributed by atoms with Gasteiger partial charge >= 0.3 is 5.97 Å². The fourth-order valence-electron chi connectivity index (χ4n) is 1.86. The van der Waals surface area contributed by atoms with Crippen molar-refractivity contribution in [2.45, 2.75) is 19.4 Å². The van der Waals surface area contributed by atoms with E-state index in [1.165, 1.54) is 6.08 Å². The molecule has 0 bridgehead atoms. The van der Waals surface area contributed by atoms with Gasteiger partial charge in [-0.05, 0) is 13.0 Å². The Bertz CT molecular complexity index is 538. The van der Waals surface area contributed by atoms with Gasteiger partial charge in [0.15, 0.2) is 6.10 Å². The predicted molar refractivity (Wildman–Crippen MR) is 67.1 cm³/mol. The van der Waals surface area contributed by atoms with Gasteiger partial charge < -0.3 is 9.47 Å². The Morgan fingerprint density at radius 2 is 2.21 bits per heavy atom. The molecule has 1 aliphatic heterocycles. The number of esters is 1. The Morgan fingerprint density at radius 1 is 1.47 bits per heavy atom. The first-order valence-corrected chi connectivity index (χ1v) is 5.89. The number of nitro groups is 1. The van der Waals surface area contributed by atoms with Crippen molar-refractivity contribution in [1.82, 2.24) is 0 Å². The predicted octanol–water partition coefficient (Wildman–Crippen LogP) is 2.02. The molecule has 0 fully saturated rings. The van der Waals surface area contributed by atoms with Crippen molar-refractivity contribution in [2.24, 2.45) is 0 Å². The molecule has 1 atom stereocenters. The Morgan fingerprint density at radius 3 is 2.89 bits per heavy atom. The fraction of sp³-hybridized carbons (Fsp3) is 0.308. The van der Waals surface area contributed by atoms with E-state index in [-0.39, 0.29) is 18.7 Å². The molecule has 1 aliphatic rings. The van der Waals surface area contributed by atoms with Crippen LogP contribution < -0.4 is 4.74 Å². The van der Waals surface area contributed by atoms with E-state index in [0.29, 0.717) is 11.3 Å². The van der Waals surface area contributed by atoms with Crippen LogP contribution in [-0.2, 0) is 9.53 Å². The highest BCUT2D eigenvalue weighted by Gasteiger charge is 2.33. The molecule has 0 unspecified atom stereocenters. The summed E-state index contributed by atoms with van der Waals surface area (Å²) in [5, 5.41) is 11.0. The van der Waals surface area contributed by atoms with Gasteiger partial charge in [0.05, 0.1) is 18.0 Å². The van der Waals surface area contributed by atoms with E-state index < -0.39 is 17.0 Å². The average Bonchev–Trinajstić information content (AvgIpc) is 2.38. The molecule has 1 aromatic rings.